The highest BCUT2D eigenvalue weighted by atomic mass is 79.9. The second-order valence-corrected chi connectivity index (χ2v) is 4.51. The summed E-state index contributed by atoms with van der Waals surface area (Å²) in [5.74, 6) is 0.393. The first kappa shape index (κ1) is 12.7. The summed E-state index contributed by atoms with van der Waals surface area (Å²) in [4.78, 5) is 11.6. The maximum Gasteiger partial charge on any atom is 0.326 e. The third kappa shape index (κ3) is 3.37. The number of carbonyl (C=O) groups excluding carboxylic acids is 1. The third-order valence-electron chi connectivity index (χ3n) is 2.43. The van der Waals surface area contributed by atoms with Crippen LogP contribution < -0.4 is 10.6 Å². The Balaban J connectivity index is 1.94. The van der Waals surface area contributed by atoms with Gasteiger partial charge in [-0.15, -0.1) is 0 Å². The van der Waals surface area contributed by atoms with E-state index in [0.717, 1.165) is 12.1 Å². The second kappa shape index (κ2) is 5.73. The van der Waals surface area contributed by atoms with Gasteiger partial charge in [-0.05, 0) is 46.1 Å². The summed E-state index contributed by atoms with van der Waals surface area (Å²) in [6.07, 6.45) is 0.979. The third-order valence-corrected chi connectivity index (χ3v) is 2.86. The maximum absolute atomic E-state index is 11.6. The Morgan fingerprint density at radius 3 is 2.44 bits per heavy atom. The summed E-state index contributed by atoms with van der Waals surface area (Å²) in [7, 11) is 0. The van der Waals surface area contributed by atoms with E-state index in [0.29, 0.717) is 10.6 Å². The molecule has 0 saturated carbocycles. The van der Waals surface area contributed by atoms with Crippen molar-refractivity contribution in [2.45, 2.75) is 13.3 Å². The van der Waals surface area contributed by atoms with Crippen LogP contribution in [0.5, 0.6) is 0 Å². The molecule has 0 aliphatic heterocycles. The molecule has 0 fully saturated rings. The van der Waals surface area contributed by atoms with Gasteiger partial charge in [0, 0.05) is 11.8 Å². The molecule has 2 aromatic rings. The minimum Gasteiger partial charge on any atom is -0.434 e. The van der Waals surface area contributed by atoms with Crippen molar-refractivity contribution in [3.8, 4) is 0 Å². The van der Waals surface area contributed by atoms with Crippen molar-refractivity contribution in [2.75, 3.05) is 10.6 Å². The van der Waals surface area contributed by atoms with Gasteiger partial charge in [-0.25, -0.2) is 4.79 Å². The van der Waals surface area contributed by atoms with Gasteiger partial charge < -0.3 is 9.73 Å². The molecule has 2 N–H and O–H groups in total. The largest absolute Gasteiger partial charge is 0.434 e. The number of hydrogen-bond acceptors (Lipinski definition) is 2. The fraction of sp³-hybridized carbons (Fsp3) is 0.154. The Morgan fingerprint density at radius 2 is 1.89 bits per heavy atom. The van der Waals surface area contributed by atoms with Crippen LogP contribution in [0.2, 0.25) is 0 Å². The van der Waals surface area contributed by atoms with E-state index in [-0.39, 0.29) is 6.03 Å². The average Bonchev–Trinajstić information content (AvgIpc) is 2.75. The van der Waals surface area contributed by atoms with Crippen LogP contribution in [0.1, 0.15) is 12.5 Å². The SMILES string of the molecule is CCc1ccc(NC(=O)Nc2ccc(Br)o2)cc1. The fourth-order valence-electron chi connectivity index (χ4n) is 1.48. The minimum absolute atomic E-state index is 0.332. The number of benzene rings is 1. The number of anilines is 2. The molecule has 0 atom stereocenters. The highest BCUT2D eigenvalue weighted by molar-refractivity contribution is 9.10. The van der Waals surface area contributed by atoms with Crippen molar-refractivity contribution in [1.82, 2.24) is 0 Å². The van der Waals surface area contributed by atoms with Crippen LogP contribution in [0, 0.1) is 0 Å². The molecule has 0 aliphatic rings. The van der Waals surface area contributed by atoms with Crippen molar-refractivity contribution in [1.29, 1.82) is 0 Å². The van der Waals surface area contributed by atoms with Gasteiger partial charge in [0.05, 0.1) is 0 Å². The van der Waals surface area contributed by atoms with Gasteiger partial charge in [-0.3, -0.25) is 5.32 Å². The summed E-state index contributed by atoms with van der Waals surface area (Å²) in [5.41, 5.74) is 1.98. The summed E-state index contributed by atoms with van der Waals surface area (Å²) in [5, 5.41) is 5.32. The number of amides is 2. The molecule has 4 nitrogen and oxygen atoms in total. The van der Waals surface area contributed by atoms with Gasteiger partial charge in [-0.1, -0.05) is 19.1 Å². The predicted molar refractivity (Wildman–Crippen MR) is 74.9 cm³/mol. The van der Waals surface area contributed by atoms with Crippen LogP contribution >= 0.6 is 15.9 Å². The molecule has 0 spiro atoms. The van der Waals surface area contributed by atoms with Gasteiger partial charge >= 0.3 is 6.03 Å². The number of hydrogen-bond donors (Lipinski definition) is 2. The number of aryl methyl sites for hydroxylation is 1. The van der Waals surface area contributed by atoms with E-state index in [1.165, 1.54) is 5.56 Å². The lowest BCUT2D eigenvalue weighted by Gasteiger charge is -2.06. The van der Waals surface area contributed by atoms with Crippen LogP contribution in [-0.4, -0.2) is 6.03 Å². The van der Waals surface area contributed by atoms with E-state index < -0.39 is 0 Å². The Labute approximate surface area is 114 Å². The molecule has 94 valence electrons. The average molecular weight is 309 g/mol. The van der Waals surface area contributed by atoms with Crippen molar-refractivity contribution >= 4 is 33.5 Å². The lowest BCUT2D eigenvalue weighted by Crippen LogP contribution is -2.18. The Kier molecular flexibility index (Phi) is 4.04. The fourth-order valence-corrected chi connectivity index (χ4v) is 1.79. The molecular weight excluding hydrogens is 296 g/mol. The van der Waals surface area contributed by atoms with Gasteiger partial charge in [0.25, 0.3) is 0 Å². The topological polar surface area (TPSA) is 54.3 Å². The Bertz CT molecular complexity index is 534. The zero-order valence-corrected chi connectivity index (χ0v) is 11.5. The number of nitrogens with one attached hydrogen (secondary N) is 2. The van der Waals surface area contributed by atoms with Crippen LogP contribution in [0.3, 0.4) is 0 Å². The highest BCUT2D eigenvalue weighted by Crippen LogP contribution is 2.18. The summed E-state index contributed by atoms with van der Waals surface area (Å²) in [6.45, 7) is 2.09. The number of carbonyl (C=O) groups is 1. The molecule has 2 amide bonds. The lowest BCUT2D eigenvalue weighted by molar-refractivity contribution is 0.261. The van der Waals surface area contributed by atoms with E-state index in [1.807, 2.05) is 24.3 Å². The molecule has 1 aromatic heterocycles. The lowest BCUT2D eigenvalue weighted by atomic mass is 10.1. The predicted octanol–water partition coefficient (Wildman–Crippen LogP) is 4.25. The first-order chi connectivity index (χ1) is 8.67. The molecule has 0 unspecified atom stereocenters. The van der Waals surface area contributed by atoms with Crippen molar-refractivity contribution < 1.29 is 9.21 Å². The molecule has 0 radical (unpaired) electrons. The Morgan fingerprint density at radius 1 is 1.17 bits per heavy atom. The zero-order chi connectivity index (χ0) is 13.0. The van der Waals surface area contributed by atoms with E-state index in [4.69, 9.17) is 4.42 Å². The van der Waals surface area contributed by atoms with Gasteiger partial charge in [0.1, 0.15) is 0 Å². The Hall–Kier alpha value is -1.75. The smallest absolute Gasteiger partial charge is 0.326 e. The molecule has 1 heterocycles. The number of halogens is 1. The monoisotopic (exact) mass is 308 g/mol. The maximum atomic E-state index is 11.6. The number of furan rings is 1. The summed E-state index contributed by atoms with van der Waals surface area (Å²) < 4.78 is 5.75. The summed E-state index contributed by atoms with van der Waals surface area (Å²) in [6, 6.07) is 10.8. The van der Waals surface area contributed by atoms with Crippen LogP contribution in [0.25, 0.3) is 0 Å². The van der Waals surface area contributed by atoms with Crippen LogP contribution in [0.4, 0.5) is 16.4 Å². The zero-order valence-electron chi connectivity index (χ0n) is 9.87. The van der Waals surface area contributed by atoms with Crippen molar-refractivity contribution in [3.63, 3.8) is 0 Å². The standard InChI is InChI=1S/C13H13BrN2O2/c1-2-9-3-5-10(6-4-9)15-13(17)16-12-8-7-11(14)18-12/h3-8H,2H2,1H3,(H2,15,16,17). The molecular formula is C13H13BrN2O2. The van der Waals surface area contributed by atoms with E-state index >= 15 is 0 Å². The molecule has 1 aromatic carbocycles. The van der Waals surface area contributed by atoms with E-state index in [2.05, 4.69) is 33.5 Å². The quantitative estimate of drug-likeness (QED) is 0.890. The molecule has 0 bridgehead atoms. The van der Waals surface area contributed by atoms with Crippen molar-refractivity contribution in [3.05, 3.63) is 46.6 Å². The van der Waals surface area contributed by atoms with Crippen LogP contribution in [0.15, 0.2) is 45.5 Å². The first-order valence-corrected chi connectivity index (χ1v) is 6.39. The molecule has 5 heteroatoms. The van der Waals surface area contributed by atoms with E-state index in [9.17, 15) is 4.79 Å². The van der Waals surface area contributed by atoms with Crippen molar-refractivity contribution in [2.24, 2.45) is 0 Å². The molecule has 2 rings (SSSR count). The summed E-state index contributed by atoms with van der Waals surface area (Å²) >= 11 is 3.17. The highest BCUT2D eigenvalue weighted by Gasteiger charge is 2.05. The van der Waals surface area contributed by atoms with E-state index in [1.54, 1.807) is 12.1 Å². The molecule has 0 saturated heterocycles. The normalized spacial score (nSPS) is 10.1. The second-order valence-electron chi connectivity index (χ2n) is 3.73. The van der Waals surface area contributed by atoms with Gasteiger partial charge in [-0.2, -0.15) is 0 Å². The van der Waals surface area contributed by atoms with Crippen LogP contribution in [-0.2, 0) is 6.42 Å². The van der Waals surface area contributed by atoms with Gasteiger partial charge in [0.15, 0.2) is 4.67 Å². The number of rotatable bonds is 3. The number of urea groups is 1. The van der Waals surface area contributed by atoms with Gasteiger partial charge in [0.2, 0.25) is 5.88 Å². The first-order valence-electron chi connectivity index (χ1n) is 5.59. The molecule has 18 heavy (non-hydrogen) atoms. The molecule has 0 aliphatic carbocycles. The minimum atomic E-state index is -0.332.